The first-order valence-corrected chi connectivity index (χ1v) is 10.0. The third-order valence-electron chi connectivity index (χ3n) is 5.40. The minimum absolute atomic E-state index is 0.0248. The Bertz CT molecular complexity index is 1440. The minimum Gasteiger partial charge on any atom is -0.497 e. The van der Waals surface area contributed by atoms with Gasteiger partial charge >= 0.3 is 0 Å². The summed E-state index contributed by atoms with van der Waals surface area (Å²) < 4.78 is 5.30. The lowest BCUT2D eigenvalue weighted by Crippen LogP contribution is -2.04. The van der Waals surface area contributed by atoms with Crippen LogP contribution in [0.5, 0.6) is 5.75 Å². The van der Waals surface area contributed by atoms with Crippen LogP contribution >= 0.6 is 11.6 Å². The molecular formula is C26H18ClNO2. The molecule has 0 saturated carbocycles. The lowest BCUT2D eigenvalue weighted by atomic mass is 9.92. The first-order valence-electron chi connectivity index (χ1n) is 9.63. The third-order valence-corrected chi connectivity index (χ3v) is 5.65. The average molecular weight is 412 g/mol. The van der Waals surface area contributed by atoms with Gasteiger partial charge < -0.3 is 9.72 Å². The highest BCUT2D eigenvalue weighted by Crippen LogP contribution is 2.36. The topological polar surface area (TPSA) is 42.1 Å². The SMILES string of the molecule is COc1ccc(-c2cc3c(=O)c4ccccc4[nH]c3cc2-c2ccc(Cl)cc2)cc1. The maximum absolute atomic E-state index is 13.2. The van der Waals surface area contributed by atoms with Gasteiger partial charge in [-0.25, -0.2) is 0 Å². The zero-order valence-corrected chi connectivity index (χ0v) is 17.0. The number of nitrogens with one attached hydrogen (secondary N) is 1. The van der Waals surface area contributed by atoms with Gasteiger partial charge in [0.1, 0.15) is 5.75 Å². The Morgan fingerprint density at radius 2 is 1.37 bits per heavy atom. The van der Waals surface area contributed by atoms with Crippen molar-refractivity contribution in [1.29, 1.82) is 0 Å². The molecule has 0 bridgehead atoms. The number of ether oxygens (including phenoxy) is 1. The zero-order chi connectivity index (χ0) is 20.7. The van der Waals surface area contributed by atoms with Crippen LogP contribution in [0.4, 0.5) is 0 Å². The van der Waals surface area contributed by atoms with Crippen molar-refractivity contribution < 1.29 is 4.74 Å². The summed E-state index contributed by atoms with van der Waals surface area (Å²) in [5.41, 5.74) is 5.70. The number of fused-ring (bicyclic) bond motifs is 2. The molecule has 5 aromatic rings. The summed E-state index contributed by atoms with van der Waals surface area (Å²) in [6, 6.07) is 27.2. The second-order valence-corrected chi connectivity index (χ2v) is 7.61. The summed E-state index contributed by atoms with van der Waals surface area (Å²) in [4.78, 5) is 16.6. The molecular weight excluding hydrogens is 394 g/mol. The average Bonchev–Trinajstić information content (AvgIpc) is 2.79. The van der Waals surface area contributed by atoms with Gasteiger partial charge in [-0.3, -0.25) is 4.79 Å². The molecule has 0 aliphatic carbocycles. The van der Waals surface area contributed by atoms with E-state index >= 15 is 0 Å². The fourth-order valence-electron chi connectivity index (χ4n) is 3.85. The Morgan fingerprint density at radius 3 is 2.07 bits per heavy atom. The van der Waals surface area contributed by atoms with Crippen LogP contribution in [0.2, 0.25) is 5.02 Å². The fraction of sp³-hybridized carbons (Fsp3) is 0.0385. The second kappa shape index (κ2) is 7.36. The quantitative estimate of drug-likeness (QED) is 0.336. The lowest BCUT2D eigenvalue weighted by Gasteiger charge is -2.14. The molecule has 4 heteroatoms. The Kier molecular flexibility index (Phi) is 4.53. The number of H-pyrrole nitrogens is 1. The minimum atomic E-state index is 0.0248. The molecule has 0 unspecified atom stereocenters. The molecule has 0 atom stereocenters. The van der Waals surface area contributed by atoms with E-state index in [9.17, 15) is 4.79 Å². The van der Waals surface area contributed by atoms with Crippen molar-refractivity contribution in [3.05, 3.63) is 100 Å². The molecule has 30 heavy (non-hydrogen) atoms. The number of pyridine rings is 1. The van der Waals surface area contributed by atoms with Gasteiger partial charge in [-0.2, -0.15) is 0 Å². The van der Waals surface area contributed by atoms with Gasteiger partial charge in [0.05, 0.1) is 12.6 Å². The van der Waals surface area contributed by atoms with Crippen LogP contribution in [-0.4, -0.2) is 12.1 Å². The first kappa shape index (κ1) is 18.5. The Morgan fingerprint density at radius 1 is 0.733 bits per heavy atom. The first-order chi connectivity index (χ1) is 14.6. The Hall–Kier alpha value is -3.56. The van der Waals surface area contributed by atoms with Crippen molar-refractivity contribution in [2.24, 2.45) is 0 Å². The number of methoxy groups -OCH3 is 1. The van der Waals surface area contributed by atoms with Crippen LogP contribution in [0, 0.1) is 0 Å². The summed E-state index contributed by atoms with van der Waals surface area (Å²) in [6.07, 6.45) is 0. The Labute approximate surface area is 178 Å². The van der Waals surface area contributed by atoms with E-state index in [2.05, 4.69) is 4.98 Å². The van der Waals surface area contributed by atoms with E-state index in [1.807, 2.05) is 84.9 Å². The molecule has 0 amide bonds. The molecule has 0 radical (unpaired) electrons. The fourth-order valence-corrected chi connectivity index (χ4v) is 3.97. The van der Waals surface area contributed by atoms with Crippen molar-refractivity contribution >= 4 is 33.4 Å². The molecule has 0 aliphatic heterocycles. The normalized spacial score (nSPS) is 11.1. The van der Waals surface area contributed by atoms with Gasteiger partial charge in [-0.05, 0) is 70.8 Å². The Balaban J connectivity index is 1.85. The van der Waals surface area contributed by atoms with E-state index in [4.69, 9.17) is 16.3 Å². The standard InChI is InChI=1S/C26H18ClNO2/c1-30-19-12-8-17(9-13-19)21-14-23-25(15-22(21)16-6-10-18(27)11-7-16)28-24-5-3-2-4-20(24)26(23)29/h2-15H,1H3,(H,28,29). The molecule has 1 aromatic heterocycles. The highest BCUT2D eigenvalue weighted by atomic mass is 35.5. The van der Waals surface area contributed by atoms with Crippen molar-refractivity contribution in [2.45, 2.75) is 0 Å². The second-order valence-electron chi connectivity index (χ2n) is 7.18. The van der Waals surface area contributed by atoms with Crippen molar-refractivity contribution in [3.8, 4) is 28.0 Å². The highest BCUT2D eigenvalue weighted by Gasteiger charge is 2.13. The van der Waals surface area contributed by atoms with Gasteiger partial charge in [-0.1, -0.05) is 48.0 Å². The molecule has 5 rings (SSSR count). The number of hydrogen-bond donors (Lipinski definition) is 1. The highest BCUT2D eigenvalue weighted by molar-refractivity contribution is 6.30. The molecule has 3 nitrogen and oxygen atoms in total. The van der Waals surface area contributed by atoms with Gasteiger partial charge in [0.25, 0.3) is 0 Å². The van der Waals surface area contributed by atoms with Gasteiger partial charge in [-0.15, -0.1) is 0 Å². The molecule has 0 saturated heterocycles. The van der Waals surface area contributed by atoms with E-state index in [1.54, 1.807) is 7.11 Å². The van der Waals surface area contributed by atoms with E-state index in [-0.39, 0.29) is 5.43 Å². The molecule has 4 aromatic carbocycles. The molecule has 146 valence electrons. The largest absolute Gasteiger partial charge is 0.497 e. The lowest BCUT2D eigenvalue weighted by molar-refractivity contribution is 0.415. The number of rotatable bonds is 3. The van der Waals surface area contributed by atoms with Crippen LogP contribution in [-0.2, 0) is 0 Å². The number of aromatic amines is 1. The van der Waals surface area contributed by atoms with Crippen molar-refractivity contribution in [3.63, 3.8) is 0 Å². The molecule has 1 N–H and O–H groups in total. The van der Waals surface area contributed by atoms with Crippen LogP contribution in [0.25, 0.3) is 44.1 Å². The van der Waals surface area contributed by atoms with Gasteiger partial charge in [0, 0.05) is 21.3 Å². The zero-order valence-electron chi connectivity index (χ0n) is 16.3. The van der Waals surface area contributed by atoms with Crippen molar-refractivity contribution in [1.82, 2.24) is 4.98 Å². The number of halogens is 1. The summed E-state index contributed by atoms with van der Waals surface area (Å²) in [5.74, 6) is 0.788. The van der Waals surface area contributed by atoms with E-state index in [1.165, 1.54) is 0 Å². The predicted octanol–water partition coefficient (Wildman–Crippen LogP) is 6.68. The van der Waals surface area contributed by atoms with Crippen LogP contribution in [0.1, 0.15) is 0 Å². The third kappa shape index (κ3) is 3.14. The molecule has 0 aliphatic rings. The summed E-state index contributed by atoms with van der Waals surface area (Å²) >= 11 is 6.11. The number of para-hydroxylation sites is 1. The molecule has 0 spiro atoms. The van der Waals surface area contributed by atoms with E-state index in [0.29, 0.717) is 15.8 Å². The molecule has 0 fully saturated rings. The van der Waals surface area contributed by atoms with Gasteiger partial charge in [0.2, 0.25) is 0 Å². The van der Waals surface area contributed by atoms with E-state index in [0.717, 1.165) is 39.0 Å². The number of aromatic nitrogens is 1. The summed E-state index contributed by atoms with van der Waals surface area (Å²) in [7, 11) is 1.65. The van der Waals surface area contributed by atoms with Crippen LogP contribution in [0.3, 0.4) is 0 Å². The van der Waals surface area contributed by atoms with Crippen LogP contribution < -0.4 is 10.2 Å². The number of benzene rings is 4. The van der Waals surface area contributed by atoms with E-state index < -0.39 is 0 Å². The predicted molar refractivity (Wildman–Crippen MR) is 125 cm³/mol. The monoisotopic (exact) mass is 411 g/mol. The van der Waals surface area contributed by atoms with Crippen LogP contribution in [0.15, 0.2) is 89.7 Å². The van der Waals surface area contributed by atoms with Crippen molar-refractivity contribution in [2.75, 3.05) is 7.11 Å². The van der Waals surface area contributed by atoms with Gasteiger partial charge in [0.15, 0.2) is 5.43 Å². The number of hydrogen-bond acceptors (Lipinski definition) is 2. The summed E-state index contributed by atoms with van der Waals surface area (Å²) in [5, 5.41) is 2.03. The summed E-state index contributed by atoms with van der Waals surface area (Å²) in [6.45, 7) is 0. The molecule has 1 heterocycles. The maximum Gasteiger partial charge on any atom is 0.197 e. The maximum atomic E-state index is 13.2. The smallest absolute Gasteiger partial charge is 0.197 e.